The highest BCUT2D eigenvalue weighted by Gasteiger charge is 2.16. The molecular formula is C11H14N4O3S. The van der Waals surface area contributed by atoms with Crippen LogP contribution in [-0.4, -0.2) is 25.1 Å². The summed E-state index contributed by atoms with van der Waals surface area (Å²) in [6, 6.07) is 4.66. The first-order chi connectivity index (χ1) is 8.99. The van der Waals surface area contributed by atoms with E-state index < -0.39 is 10.0 Å². The van der Waals surface area contributed by atoms with Crippen molar-refractivity contribution in [3.8, 4) is 0 Å². The number of benzene rings is 1. The van der Waals surface area contributed by atoms with Gasteiger partial charge in [-0.3, -0.25) is 0 Å². The average Bonchev–Trinajstić information content (AvgIpc) is 2.81. The van der Waals surface area contributed by atoms with Crippen molar-refractivity contribution >= 4 is 15.7 Å². The molecule has 8 heteroatoms. The minimum Gasteiger partial charge on any atom is -0.399 e. The highest BCUT2D eigenvalue weighted by molar-refractivity contribution is 7.89. The first-order valence-corrected chi connectivity index (χ1v) is 7.08. The summed E-state index contributed by atoms with van der Waals surface area (Å²) < 4.78 is 31.2. The van der Waals surface area contributed by atoms with Crippen molar-refractivity contribution in [2.24, 2.45) is 0 Å². The molecule has 0 saturated carbocycles. The molecule has 0 bridgehead atoms. The molecule has 0 aliphatic carbocycles. The zero-order valence-electron chi connectivity index (χ0n) is 10.3. The van der Waals surface area contributed by atoms with Crippen LogP contribution >= 0.6 is 0 Å². The quantitative estimate of drug-likeness (QED) is 0.772. The van der Waals surface area contributed by atoms with Crippen LogP contribution < -0.4 is 10.5 Å². The number of aryl methyl sites for hydroxylation is 1. The standard InChI is InChI=1S/C11H14N4O3S/c1-8-6-9(12)2-3-10(8)19(16,17)14-5-4-11-13-7-18-15-11/h2-3,6-7,14H,4-5,12H2,1H3. The minimum atomic E-state index is -3.55. The lowest BCUT2D eigenvalue weighted by molar-refractivity contribution is 0.410. The van der Waals surface area contributed by atoms with Crippen LogP contribution in [0.4, 0.5) is 5.69 Å². The van der Waals surface area contributed by atoms with Crippen molar-refractivity contribution in [3.63, 3.8) is 0 Å². The van der Waals surface area contributed by atoms with Gasteiger partial charge < -0.3 is 10.3 Å². The summed E-state index contributed by atoms with van der Waals surface area (Å²) in [6.07, 6.45) is 1.57. The van der Waals surface area contributed by atoms with Crippen LogP contribution in [0.1, 0.15) is 11.4 Å². The molecule has 1 aromatic heterocycles. The molecule has 0 radical (unpaired) electrons. The summed E-state index contributed by atoms with van der Waals surface area (Å²) >= 11 is 0. The number of aromatic nitrogens is 2. The van der Waals surface area contributed by atoms with E-state index in [0.29, 0.717) is 23.5 Å². The number of hydrogen-bond acceptors (Lipinski definition) is 6. The number of nitrogens with two attached hydrogens (primary N) is 1. The molecular weight excluding hydrogens is 268 g/mol. The van der Waals surface area contributed by atoms with E-state index in [2.05, 4.69) is 19.4 Å². The van der Waals surface area contributed by atoms with E-state index in [1.165, 1.54) is 12.5 Å². The van der Waals surface area contributed by atoms with Crippen LogP contribution in [0.5, 0.6) is 0 Å². The van der Waals surface area contributed by atoms with Gasteiger partial charge in [0.15, 0.2) is 5.82 Å². The largest absolute Gasteiger partial charge is 0.399 e. The van der Waals surface area contributed by atoms with Crippen molar-refractivity contribution in [3.05, 3.63) is 36.0 Å². The number of nitrogen functional groups attached to an aromatic ring is 1. The summed E-state index contributed by atoms with van der Waals surface area (Å²) in [7, 11) is -3.55. The molecule has 7 nitrogen and oxygen atoms in total. The smallest absolute Gasteiger partial charge is 0.240 e. The monoisotopic (exact) mass is 282 g/mol. The molecule has 0 atom stereocenters. The molecule has 0 aliphatic rings. The molecule has 19 heavy (non-hydrogen) atoms. The maximum absolute atomic E-state index is 12.1. The lowest BCUT2D eigenvalue weighted by Crippen LogP contribution is -2.26. The SMILES string of the molecule is Cc1cc(N)ccc1S(=O)(=O)NCCc1ncon1. The summed E-state index contributed by atoms with van der Waals surface area (Å²) in [6.45, 7) is 1.90. The molecule has 0 amide bonds. The Morgan fingerprint density at radius 3 is 2.84 bits per heavy atom. The lowest BCUT2D eigenvalue weighted by Gasteiger charge is -2.09. The van der Waals surface area contributed by atoms with Gasteiger partial charge in [-0.15, -0.1) is 0 Å². The number of nitrogens with one attached hydrogen (secondary N) is 1. The highest BCUT2D eigenvalue weighted by Crippen LogP contribution is 2.17. The fourth-order valence-electron chi connectivity index (χ4n) is 1.65. The summed E-state index contributed by atoms with van der Waals surface area (Å²) in [5.74, 6) is 0.455. The maximum atomic E-state index is 12.1. The molecule has 3 N–H and O–H groups in total. The third-order valence-electron chi connectivity index (χ3n) is 2.54. The normalized spacial score (nSPS) is 11.6. The van der Waals surface area contributed by atoms with Crippen LogP contribution in [0.15, 0.2) is 34.0 Å². The second kappa shape index (κ2) is 5.37. The van der Waals surface area contributed by atoms with Gasteiger partial charge in [-0.25, -0.2) is 13.1 Å². The van der Waals surface area contributed by atoms with Gasteiger partial charge in [-0.2, -0.15) is 4.98 Å². The number of anilines is 1. The first kappa shape index (κ1) is 13.5. The molecule has 1 heterocycles. The fraction of sp³-hybridized carbons (Fsp3) is 0.273. The fourth-order valence-corrected chi connectivity index (χ4v) is 2.91. The Balaban J connectivity index is 2.05. The Bertz CT molecular complexity index is 653. The van der Waals surface area contributed by atoms with Gasteiger partial charge in [0.1, 0.15) is 0 Å². The Morgan fingerprint density at radius 1 is 1.42 bits per heavy atom. The first-order valence-electron chi connectivity index (χ1n) is 5.60. The van der Waals surface area contributed by atoms with Crippen molar-refractivity contribution in [1.82, 2.24) is 14.9 Å². The lowest BCUT2D eigenvalue weighted by atomic mass is 10.2. The zero-order chi connectivity index (χ0) is 13.9. The zero-order valence-corrected chi connectivity index (χ0v) is 11.1. The summed E-state index contributed by atoms with van der Waals surface area (Å²) in [5.41, 5.74) is 6.73. The molecule has 2 aromatic rings. The molecule has 0 aliphatic heterocycles. The second-order valence-electron chi connectivity index (χ2n) is 4.02. The number of sulfonamides is 1. The Morgan fingerprint density at radius 2 is 2.21 bits per heavy atom. The number of nitrogens with zero attached hydrogens (tertiary/aromatic N) is 2. The number of hydrogen-bond donors (Lipinski definition) is 2. The van der Waals surface area contributed by atoms with Crippen LogP contribution in [-0.2, 0) is 16.4 Å². The van der Waals surface area contributed by atoms with Crippen molar-refractivity contribution in [2.45, 2.75) is 18.2 Å². The highest BCUT2D eigenvalue weighted by atomic mass is 32.2. The van der Waals surface area contributed by atoms with E-state index in [4.69, 9.17) is 5.73 Å². The molecule has 0 fully saturated rings. The van der Waals surface area contributed by atoms with Gasteiger partial charge >= 0.3 is 0 Å². The predicted octanol–water partition coefficient (Wildman–Crippen LogP) is 0.481. The van der Waals surface area contributed by atoms with Crippen LogP contribution in [0.25, 0.3) is 0 Å². The summed E-state index contributed by atoms with van der Waals surface area (Å²) in [4.78, 5) is 4.03. The van der Waals surface area contributed by atoms with Gasteiger partial charge in [0.25, 0.3) is 0 Å². The Hall–Kier alpha value is -1.93. The molecule has 0 unspecified atom stereocenters. The maximum Gasteiger partial charge on any atom is 0.240 e. The van der Waals surface area contributed by atoms with E-state index in [1.54, 1.807) is 19.1 Å². The van der Waals surface area contributed by atoms with E-state index in [0.717, 1.165) is 0 Å². The van der Waals surface area contributed by atoms with Gasteiger partial charge in [0.2, 0.25) is 16.4 Å². The van der Waals surface area contributed by atoms with Gasteiger partial charge in [-0.1, -0.05) is 5.16 Å². The van der Waals surface area contributed by atoms with Gasteiger partial charge in [-0.05, 0) is 30.7 Å². The minimum absolute atomic E-state index is 0.200. The topological polar surface area (TPSA) is 111 Å². The van der Waals surface area contributed by atoms with Crippen molar-refractivity contribution in [1.29, 1.82) is 0 Å². The Labute approximate surface area is 110 Å². The van der Waals surface area contributed by atoms with Crippen LogP contribution in [0.2, 0.25) is 0 Å². The molecule has 2 rings (SSSR count). The predicted molar refractivity (Wildman–Crippen MR) is 68.8 cm³/mol. The number of rotatable bonds is 5. The van der Waals surface area contributed by atoms with E-state index >= 15 is 0 Å². The molecule has 102 valence electrons. The van der Waals surface area contributed by atoms with Crippen LogP contribution in [0.3, 0.4) is 0 Å². The van der Waals surface area contributed by atoms with Crippen molar-refractivity contribution < 1.29 is 12.9 Å². The Kier molecular flexibility index (Phi) is 3.82. The van der Waals surface area contributed by atoms with E-state index in [9.17, 15) is 8.42 Å². The third-order valence-corrected chi connectivity index (χ3v) is 4.16. The van der Waals surface area contributed by atoms with Gasteiger partial charge in [0, 0.05) is 18.7 Å². The molecule has 0 spiro atoms. The molecule has 0 saturated heterocycles. The van der Waals surface area contributed by atoms with Gasteiger partial charge in [0.05, 0.1) is 4.90 Å². The van der Waals surface area contributed by atoms with E-state index in [1.807, 2.05) is 0 Å². The van der Waals surface area contributed by atoms with Crippen molar-refractivity contribution in [2.75, 3.05) is 12.3 Å². The van der Waals surface area contributed by atoms with Crippen LogP contribution in [0, 0.1) is 6.92 Å². The van der Waals surface area contributed by atoms with E-state index in [-0.39, 0.29) is 11.4 Å². The molecule has 1 aromatic carbocycles. The third kappa shape index (κ3) is 3.30. The average molecular weight is 282 g/mol. The summed E-state index contributed by atoms with van der Waals surface area (Å²) in [5, 5.41) is 3.60. The second-order valence-corrected chi connectivity index (χ2v) is 5.76.